The smallest absolute Gasteiger partial charge is 0.246 e. The largest absolute Gasteiger partial charge is 0.459 e. The van der Waals surface area contributed by atoms with E-state index in [0.29, 0.717) is 16.9 Å². The molecule has 0 spiro atoms. The van der Waals surface area contributed by atoms with Gasteiger partial charge in [0.25, 0.3) is 0 Å². The van der Waals surface area contributed by atoms with Crippen LogP contribution in [-0.4, -0.2) is 68.3 Å². The van der Waals surface area contributed by atoms with Crippen molar-refractivity contribution in [3.8, 4) is 10.4 Å². The van der Waals surface area contributed by atoms with E-state index in [1.807, 2.05) is 101 Å². The predicted molar refractivity (Wildman–Crippen MR) is 206 cm³/mol. The van der Waals surface area contributed by atoms with E-state index in [4.69, 9.17) is 4.42 Å². The lowest BCUT2D eigenvalue weighted by molar-refractivity contribution is -0.144. The molecule has 12 nitrogen and oxygen atoms in total. The van der Waals surface area contributed by atoms with Gasteiger partial charge in [-0.1, -0.05) is 69.3 Å². The number of rotatable bonds is 12. The molecule has 5 aromatic rings. The third kappa shape index (κ3) is 8.86. The van der Waals surface area contributed by atoms with E-state index in [1.165, 1.54) is 4.90 Å². The number of carbonyl (C=O) groups excluding carboxylic acids is 4. The molecule has 3 aromatic heterocycles. The number of furan rings is 1. The molecule has 282 valence electrons. The van der Waals surface area contributed by atoms with Crippen LogP contribution in [0.4, 0.5) is 0 Å². The van der Waals surface area contributed by atoms with Crippen molar-refractivity contribution >= 4 is 45.9 Å². The number of hydrogen-bond donors (Lipinski definition) is 4. The fourth-order valence-electron chi connectivity index (χ4n) is 6.72. The molecule has 0 radical (unpaired) electrons. The van der Waals surface area contributed by atoms with Crippen molar-refractivity contribution in [2.45, 2.75) is 84.2 Å². The van der Waals surface area contributed by atoms with Crippen LogP contribution >= 0.6 is 11.3 Å². The molecule has 1 unspecified atom stereocenters. The fraction of sp³-hybridized carbons (Fsp3) is 0.366. The van der Waals surface area contributed by atoms with Crippen LogP contribution in [0.5, 0.6) is 0 Å². The standard InChI is InChI=1S/C41H46N6O6S/c1-24(26-12-14-27(15-13-26)37-25(2)43-23-54-37)44-39(51)31-20-30(48)22-47(31)40(52)38(41(3,4)5)46-35(50)17-16-34(49)45-36(29-10-8-18-42-21-29)33-19-28-9-6-7-11-32(28)53-33/h6-15,18-19,21,23-24,30-31,36,38,48H,16-17,20,22H2,1-5H3,(H,44,51)(H,45,49)(H,46,50)/t24-,30+,31-,36?,38+/m0/s1. The summed E-state index contributed by atoms with van der Waals surface area (Å²) in [7, 11) is 0. The summed E-state index contributed by atoms with van der Waals surface area (Å²) in [6.45, 7) is 9.23. The van der Waals surface area contributed by atoms with Gasteiger partial charge in [0.1, 0.15) is 29.5 Å². The lowest BCUT2D eigenvalue weighted by atomic mass is 9.85. The molecule has 2 aromatic carbocycles. The highest BCUT2D eigenvalue weighted by molar-refractivity contribution is 7.13. The number of pyridine rings is 1. The minimum atomic E-state index is -1.02. The second kappa shape index (κ2) is 16.3. The second-order valence-corrected chi connectivity index (χ2v) is 15.7. The van der Waals surface area contributed by atoms with Crippen molar-refractivity contribution < 1.29 is 28.7 Å². The van der Waals surface area contributed by atoms with Crippen LogP contribution < -0.4 is 16.0 Å². The zero-order valence-electron chi connectivity index (χ0n) is 31.0. The number of aliphatic hydroxyl groups excluding tert-OH is 1. The number of carbonyl (C=O) groups is 4. The molecule has 13 heteroatoms. The van der Waals surface area contributed by atoms with Gasteiger partial charge in [-0.2, -0.15) is 0 Å². The number of amides is 4. The Hall–Kier alpha value is -5.40. The van der Waals surface area contributed by atoms with Crippen molar-refractivity contribution in [3.05, 3.63) is 107 Å². The molecule has 4 amide bonds. The Bertz CT molecular complexity index is 2070. The minimum Gasteiger partial charge on any atom is -0.459 e. The van der Waals surface area contributed by atoms with Crippen LogP contribution in [0.2, 0.25) is 0 Å². The maximum Gasteiger partial charge on any atom is 0.246 e. The highest BCUT2D eigenvalue weighted by Crippen LogP contribution is 2.31. The zero-order chi connectivity index (χ0) is 38.6. The second-order valence-electron chi connectivity index (χ2n) is 14.9. The van der Waals surface area contributed by atoms with Crippen LogP contribution in [0, 0.1) is 12.3 Å². The maximum absolute atomic E-state index is 14.1. The third-order valence-electron chi connectivity index (χ3n) is 9.69. The number of thiazole rings is 1. The van der Waals surface area contributed by atoms with Gasteiger partial charge in [-0.15, -0.1) is 11.3 Å². The summed E-state index contributed by atoms with van der Waals surface area (Å²) in [6.07, 6.45) is 2.13. The van der Waals surface area contributed by atoms with Crippen LogP contribution in [0.1, 0.15) is 81.6 Å². The molecule has 1 fully saturated rings. The topological polar surface area (TPSA) is 167 Å². The Kier molecular flexibility index (Phi) is 11.6. The molecular formula is C41H46N6O6S. The lowest BCUT2D eigenvalue weighted by Gasteiger charge is -2.35. The number of aryl methyl sites for hydroxylation is 1. The van der Waals surface area contributed by atoms with Crippen molar-refractivity contribution in [2.75, 3.05) is 6.54 Å². The molecule has 1 aliphatic rings. The number of benzene rings is 2. The highest BCUT2D eigenvalue weighted by atomic mass is 32.1. The molecule has 5 atom stereocenters. The van der Waals surface area contributed by atoms with Gasteiger partial charge < -0.3 is 30.4 Å². The monoisotopic (exact) mass is 750 g/mol. The number of aliphatic hydroxyl groups is 1. The summed E-state index contributed by atoms with van der Waals surface area (Å²) in [4.78, 5) is 65.3. The molecule has 1 saturated heterocycles. The summed E-state index contributed by atoms with van der Waals surface area (Å²) in [5, 5.41) is 20.3. The molecule has 54 heavy (non-hydrogen) atoms. The van der Waals surface area contributed by atoms with Gasteiger partial charge >= 0.3 is 0 Å². The van der Waals surface area contributed by atoms with Crippen LogP contribution in [0.3, 0.4) is 0 Å². The molecule has 4 heterocycles. The van der Waals surface area contributed by atoms with E-state index in [0.717, 1.165) is 27.1 Å². The van der Waals surface area contributed by atoms with Gasteiger partial charge in [0.05, 0.1) is 28.2 Å². The number of nitrogens with zero attached hydrogens (tertiary/aromatic N) is 3. The molecular weight excluding hydrogens is 705 g/mol. The first-order valence-electron chi connectivity index (χ1n) is 18.0. The summed E-state index contributed by atoms with van der Waals surface area (Å²) in [5.74, 6) is -1.22. The van der Waals surface area contributed by atoms with Crippen molar-refractivity contribution in [1.29, 1.82) is 0 Å². The van der Waals surface area contributed by atoms with E-state index >= 15 is 0 Å². The summed E-state index contributed by atoms with van der Waals surface area (Å²) in [6, 6.07) is 18.0. The number of para-hydroxylation sites is 1. The van der Waals surface area contributed by atoms with Crippen LogP contribution in [-0.2, 0) is 19.2 Å². The van der Waals surface area contributed by atoms with E-state index in [9.17, 15) is 24.3 Å². The Morgan fingerprint density at radius 2 is 1.69 bits per heavy atom. The Morgan fingerprint density at radius 3 is 2.33 bits per heavy atom. The van der Waals surface area contributed by atoms with Gasteiger partial charge in [-0.05, 0) is 48.6 Å². The quantitative estimate of drug-likeness (QED) is 0.128. The normalized spacial score (nSPS) is 17.5. The van der Waals surface area contributed by atoms with Gasteiger partial charge in [0.2, 0.25) is 23.6 Å². The number of fused-ring (bicyclic) bond motifs is 1. The van der Waals surface area contributed by atoms with Crippen LogP contribution in [0.15, 0.2) is 89.1 Å². The lowest BCUT2D eigenvalue weighted by Crippen LogP contribution is -2.57. The zero-order valence-corrected chi connectivity index (χ0v) is 31.9. The maximum atomic E-state index is 14.1. The van der Waals surface area contributed by atoms with Crippen molar-refractivity contribution in [2.24, 2.45) is 5.41 Å². The Labute approximate surface area is 318 Å². The van der Waals surface area contributed by atoms with E-state index in [-0.39, 0.29) is 37.8 Å². The minimum absolute atomic E-state index is 0.0451. The highest BCUT2D eigenvalue weighted by Gasteiger charge is 2.44. The van der Waals surface area contributed by atoms with E-state index < -0.39 is 47.4 Å². The summed E-state index contributed by atoms with van der Waals surface area (Å²) < 4.78 is 6.06. The van der Waals surface area contributed by atoms with Gasteiger partial charge in [-0.3, -0.25) is 24.2 Å². The SMILES string of the molecule is Cc1ncsc1-c1ccc([C@H](C)NC(=O)[C@@H]2C[C@@H](O)CN2C(=O)[C@@H](NC(=O)CCC(=O)NC(c2cccnc2)c2cc3ccccc3o2)C(C)(C)C)cc1. The van der Waals surface area contributed by atoms with Gasteiger partial charge in [0, 0.05) is 49.2 Å². The Morgan fingerprint density at radius 1 is 0.963 bits per heavy atom. The van der Waals surface area contributed by atoms with Gasteiger partial charge in [-0.25, -0.2) is 4.98 Å². The molecule has 1 aliphatic heterocycles. The average molecular weight is 751 g/mol. The average Bonchev–Trinajstić information content (AvgIpc) is 3.89. The number of β-amino-alcohol motifs (C(OH)–C–C–N with tert-alkyl or cyclic N) is 1. The van der Waals surface area contributed by atoms with Crippen molar-refractivity contribution in [3.63, 3.8) is 0 Å². The number of aromatic nitrogens is 2. The van der Waals surface area contributed by atoms with Gasteiger partial charge in [0.15, 0.2) is 0 Å². The first-order valence-corrected chi connectivity index (χ1v) is 18.9. The molecule has 4 N–H and O–H groups in total. The molecule has 6 rings (SSSR count). The molecule has 0 aliphatic carbocycles. The third-order valence-corrected chi connectivity index (χ3v) is 10.7. The Balaban J connectivity index is 1.08. The number of hydrogen-bond acceptors (Lipinski definition) is 9. The predicted octanol–water partition coefficient (Wildman–Crippen LogP) is 5.62. The number of nitrogens with one attached hydrogen (secondary N) is 3. The first kappa shape index (κ1) is 38.3. The first-order chi connectivity index (χ1) is 25.8. The van der Waals surface area contributed by atoms with Crippen LogP contribution in [0.25, 0.3) is 21.4 Å². The summed E-state index contributed by atoms with van der Waals surface area (Å²) >= 11 is 1.57. The summed E-state index contributed by atoms with van der Waals surface area (Å²) in [5.41, 5.74) is 5.35. The molecule has 0 bridgehead atoms. The van der Waals surface area contributed by atoms with E-state index in [1.54, 1.807) is 29.8 Å². The molecule has 0 saturated carbocycles. The van der Waals surface area contributed by atoms with Crippen molar-refractivity contribution in [1.82, 2.24) is 30.8 Å². The van der Waals surface area contributed by atoms with E-state index in [2.05, 4.69) is 25.9 Å². The fourth-order valence-corrected chi connectivity index (χ4v) is 7.53. The number of likely N-dealkylation sites (tertiary alicyclic amines) is 1.